The zero-order valence-corrected chi connectivity index (χ0v) is 12.8. The zero-order valence-electron chi connectivity index (χ0n) is 12.8. The van der Waals surface area contributed by atoms with E-state index in [-0.39, 0.29) is 12.1 Å². The summed E-state index contributed by atoms with van der Waals surface area (Å²) in [5.74, 6) is 0.680. The lowest BCUT2D eigenvalue weighted by Gasteiger charge is -2.35. The average Bonchev–Trinajstić information content (AvgIpc) is 2.53. The first-order chi connectivity index (χ1) is 9.76. The smallest absolute Gasteiger partial charge is 0.115 e. The minimum absolute atomic E-state index is 0.0179. The molecule has 0 spiro atoms. The molecule has 3 nitrogen and oxygen atoms in total. The van der Waals surface area contributed by atoms with Gasteiger partial charge in [0, 0.05) is 12.2 Å². The van der Waals surface area contributed by atoms with Crippen LogP contribution in [0.3, 0.4) is 0 Å². The van der Waals surface area contributed by atoms with Gasteiger partial charge in [-0.15, -0.1) is 0 Å². The molecule has 20 heavy (non-hydrogen) atoms. The van der Waals surface area contributed by atoms with E-state index in [9.17, 15) is 0 Å². The third-order valence-corrected chi connectivity index (χ3v) is 4.52. The van der Waals surface area contributed by atoms with Crippen molar-refractivity contribution >= 4 is 0 Å². The zero-order chi connectivity index (χ0) is 14.4. The third-order valence-electron chi connectivity index (χ3n) is 4.52. The maximum Gasteiger partial charge on any atom is 0.115 e. The SMILES string of the molecule is CCC(N)C(OC1CCCCC1CC)c1ccccn1. The molecule has 0 aliphatic heterocycles. The highest BCUT2D eigenvalue weighted by Crippen LogP contribution is 2.33. The number of pyridine rings is 1. The van der Waals surface area contributed by atoms with Crippen LogP contribution < -0.4 is 5.73 Å². The number of nitrogens with two attached hydrogens (primary N) is 1. The summed E-state index contributed by atoms with van der Waals surface area (Å²) in [5, 5.41) is 0. The highest BCUT2D eigenvalue weighted by atomic mass is 16.5. The molecule has 1 heterocycles. The summed E-state index contributed by atoms with van der Waals surface area (Å²) < 4.78 is 6.45. The number of nitrogens with zero attached hydrogens (tertiary/aromatic N) is 1. The molecule has 0 amide bonds. The summed E-state index contributed by atoms with van der Waals surface area (Å²) in [6, 6.07) is 6.00. The Morgan fingerprint density at radius 3 is 2.75 bits per heavy atom. The summed E-state index contributed by atoms with van der Waals surface area (Å²) in [6.45, 7) is 4.38. The van der Waals surface area contributed by atoms with Crippen molar-refractivity contribution in [1.29, 1.82) is 0 Å². The van der Waals surface area contributed by atoms with E-state index in [2.05, 4.69) is 18.8 Å². The van der Waals surface area contributed by atoms with Crippen LogP contribution in [-0.2, 0) is 4.74 Å². The van der Waals surface area contributed by atoms with E-state index < -0.39 is 0 Å². The van der Waals surface area contributed by atoms with Gasteiger partial charge in [0.25, 0.3) is 0 Å². The fraction of sp³-hybridized carbons (Fsp3) is 0.706. The van der Waals surface area contributed by atoms with E-state index in [1.807, 2.05) is 24.4 Å². The number of ether oxygens (including phenoxy) is 1. The van der Waals surface area contributed by atoms with Gasteiger partial charge in [0.15, 0.2) is 0 Å². The molecule has 4 atom stereocenters. The molecule has 0 saturated heterocycles. The predicted octanol–water partition coefficient (Wildman–Crippen LogP) is 3.85. The van der Waals surface area contributed by atoms with Crippen LogP contribution in [-0.4, -0.2) is 17.1 Å². The second kappa shape index (κ2) is 7.75. The van der Waals surface area contributed by atoms with E-state index in [1.54, 1.807) is 0 Å². The molecular weight excluding hydrogens is 248 g/mol. The maximum absolute atomic E-state index is 6.45. The van der Waals surface area contributed by atoms with E-state index in [1.165, 1.54) is 25.7 Å². The molecule has 1 aliphatic carbocycles. The molecule has 2 N–H and O–H groups in total. The van der Waals surface area contributed by atoms with Crippen molar-refractivity contribution in [2.45, 2.75) is 70.6 Å². The minimum atomic E-state index is -0.0710. The Hall–Kier alpha value is -0.930. The molecule has 2 rings (SSSR count). The second-order valence-electron chi connectivity index (χ2n) is 5.87. The van der Waals surface area contributed by atoms with Gasteiger partial charge in [-0.3, -0.25) is 4.98 Å². The first-order valence-electron chi connectivity index (χ1n) is 8.08. The Morgan fingerprint density at radius 2 is 2.10 bits per heavy atom. The van der Waals surface area contributed by atoms with Crippen molar-refractivity contribution in [2.75, 3.05) is 0 Å². The first-order valence-corrected chi connectivity index (χ1v) is 8.08. The topological polar surface area (TPSA) is 48.1 Å². The summed E-state index contributed by atoms with van der Waals surface area (Å²) >= 11 is 0. The Balaban J connectivity index is 2.11. The van der Waals surface area contributed by atoms with Crippen LogP contribution in [0.5, 0.6) is 0 Å². The lowest BCUT2D eigenvalue weighted by molar-refractivity contribution is -0.0741. The van der Waals surface area contributed by atoms with Gasteiger partial charge in [-0.05, 0) is 37.3 Å². The molecule has 0 aromatic carbocycles. The van der Waals surface area contributed by atoms with E-state index >= 15 is 0 Å². The van der Waals surface area contributed by atoms with Crippen LogP contribution in [0.4, 0.5) is 0 Å². The van der Waals surface area contributed by atoms with Crippen molar-refractivity contribution in [2.24, 2.45) is 11.7 Å². The molecule has 1 aliphatic rings. The molecule has 112 valence electrons. The molecule has 1 fully saturated rings. The van der Waals surface area contributed by atoms with E-state index in [0.717, 1.165) is 18.5 Å². The van der Waals surface area contributed by atoms with Gasteiger partial charge >= 0.3 is 0 Å². The Bertz CT molecular complexity index is 382. The van der Waals surface area contributed by atoms with Gasteiger partial charge in [0.1, 0.15) is 6.10 Å². The fourth-order valence-corrected chi connectivity index (χ4v) is 3.16. The van der Waals surface area contributed by atoms with Gasteiger partial charge in [-0.2, -0.15) is 0 Å². The molecule has 0 bridgehead atoms. The standard InChI is InChI=1S/C17H28N2O/c1-3-13-9-5-6-11-16(13)20-17(14(18)4-2)15-10-7-8-12-19-15/h7-8,10,12-14,16-17H,3-6,9,11,18H2,1-2H3. The first kappa shape index (κ1) is 15.5. The van der Waals surface area contributed by atoms with Gasteiger partial charge in [0.2, 0.25) is 0 Å². The van der Waals surface area contributed by atoms with Gasteiger partial charge in [-0.1, -0.05) is 39.2 Å². The van der Waals surface area contributed by atoms with E-state index in [4.69, 9.17) is 10.5 Å². The Morgan fingerprint density at radius 1 is 1.30 bits per heavy atom. The molecule has 1 aromatic heterocycles. The predicted molar refractivity (Wildman–Crippen MR) is 82.4 cm³/mol. The van der Waals surface area contributed by atoms with Crippen molar-refractivity contribution in [3.63, 3.8) is 0 Å². The number of hydrogen-bond donors (Lipinski definition) is 1. The van der Waals surface area contributed by atoms with Crippen LogP contribution in [0, 0.1) is 5.92 Å². The third kappa shape index (κ3) is 3.80. The van der Waals surface area contributed by atoms with Gasteiger partial charge in [-0.25, -0.2) is 0 Å². The van der Waals surface area contributed by atoms with Gasteiger partial charge < -0.3 is 10.5 Å². The van der Waals surface area contributed by atoms with Crippen LogP contribution >= 0.6 is 0 Å². The Labute approximate surface area is 122 Å². The number of aromatic nitrogens is 1. The Kier molecular flexibility index (Phi) is 5.99. The van der Waals surface area contributed by atoms with Crippen molar-refractivity contribution in [3.8, 4) is 0 Å². The summed E-state index contributed by atoms with van der Waals surface area (Å²) in [6.07, 6.45) is 9.27. The summed E-state index contributed by atoms with van der Waals surface area (Å²) in [4.78, 5) is 4.46. The quantitative estimate of drug-likeness (QED) is 0.858. The molecule has 1 aromatic rings. The fourth-order valence-electron chi connectivity index (χ4n) is 3.16. The molecule has 4 unspecified atom stereocenters. The summed E-state index contributed by atoms with van der Waals surface area (Å²) in [7, 11) is 0. The van der Waals surface area contributed by atoms with Crippen molar-refractivity contribution < 1.29 is 4.74 Å². The molecule has 1 saturated carbocycles. The van der Waals surface area contributed by atoms with Crippen molar-refractivity contribution in [1.82, 2.24) is 4.98 Å². The molecule has 0 radical (unpaired) electrons. The van der Waals surface area contributed by atoms with Gasteiger partial charge in [0.05, 0.1) is 11.8 Å². The number of rotatable bonds is 6. The normalized spacial score (nSPS) is 26.1. The second-order valence-corrected chi connectivity index (χ2v) is 5.87. The van der Waals surface area contributed by atoms with Crippen LogP contribution in [0.1, 0.15) is 64.2 Å². The lowest BCUT2D eigenvalue weighted by Crippen LogP contribution is -2.36. The van der Waals surface area contributed by atoms with Crippen LogP contribution in [0.25, 0.3) is 0 Å². The highest BCUT2D eigenvalue weighted by Gasteiger charge is 2.30. The van der Waals surface area contributed by atoms with Crippen LogP contribution in [0.15, 0.2) is 24.4 Å². The lowest BCUT2D eigenvalue weighted by atomic mass is 9.84. The van der Waals surface area contributed by atoms with Crippen LogP contribution in [0.2, 0.25) is 0 Å². The number of hydrogen-bond acceptors (Lipinski definition) is 3. The molecule has 3 heteroatoms. The van der Waals surface area contributed by atoms with E-state index in [0.29, 0.717) is 12.0 Å². The monoisotopic (exact) mass is 276 g/mol. The maximum atomic E-state index is 6.45. The minimum Gasteiger partial charge on any atom is -0.367 e. The average molecular weight is 276 g/mol. The highest BCUT2D eigenvalue weighted by molar-refractivity contribution is 5.09. The van der Waals surface area contributed by atoms with Crippen molar-refractivity contribution in [3.05, 3.63) is 30.1 Å². The largest absolute Gasteiger partial charge is 0.367 e. The summed E-state index contributed by atoms with van der Waals surface area (Å²) in [5.41, 5.74) is 7.26. The molecular formula is C17H28N2O.